The Morgan fingerprint density at radius 3 is 2.31 bits per heavy atom. The molecule has 4 rings (SSSR count). The van der Waals surface area contributed by atoms with Crippen molar-refractivity contribution in [3.05, 3.63) is 62.3 Å². The summed E-state index contributed by atoms with van der Waals surface area (Å²) in [6.45, 7) is 1.51. The smallest absolute Gasteiger partial charge is 0.332 e. The van der Waals surface area contributed by atoms with Crippen LogP contribution in [0.2, 0.25) is 0 Å². The molecule has 0 radical (unpaired) electrons. The molecule has 188 valence electrons. The normalized spacial score (nSPS) is 17.9. The number of amides is 1. The summed E-state index contributed by atoms with van der Waals surface area (Å²) in [5, 5.41) is 3.19. The standard InChI is InChI=1S/C26H35N5O4/c1-29-25(34)22(23(27)31(26(29)35)16-18-8-4-2-5-9-18)21(32)17-30-14-12-20(13-15-30)28-24(33)19-10-6-3-7-11-19/h2,4-5,8-9,19-20H,3,6-7,10-17,27H2,1H3,(H,28,33). The first-order valence-electron chi connectivity index (χ1n) is 12.5. The Balaban J connectivity index is 1.40. The van der Waals surface area contributed by atoms with Crippen LogP contribution in [0, 0.1) is 5.92 Å². The Hall–Kier alpha value is -3.20. The molecule has 9 nitrogen and oxygen atoms in total. The van der Waals surface area contributed by atoms with Crippen LogP contribution in [0.4, 0.5) is 5.82 Å². The predicted octanol–water partition coefficient (Wildman–Crippen LogP) is 1.52. The number of anilines is 1. The van der Waals surface area contributed by atoms with Crippen molar-refractivity contribution < 1.29 is 9.59 Å². The Morgan fingerprint density at radius 2 is 1.66 bits per heavy atom. The maximum atomic E-state index is 13.2. The third kappa shape index (κ3) is 5.73. The minimum absolute atomic E-state index is 0.0479. The summed E-state index contributed by atoms with van der Waals surface area (Å²) in [5.41, 5.74) is 5.70. The van der Waals surface area contributed by atoms with Crippen LogP contribution in [0.3, 0.4) is 0 Å². The van der Waals surface area contributed by atoms with E-state index < -0.39 is 17.0 Å². The SMILES string of the molecule is Cn1c(=O)c(C(=O)CN2CCC(NC(=O)C3CCCCC3)CC2)c(N)n(Cc2ccccc2)c1=O. The van der Waals surface area contributed by atoms with Gasteiger partial charge in [-0.3, -0.25) is 28.4 Å². The summed E-state index contributed by atoms with van der Waals surface area (Å²) in [5.74, 6) is -0.193. The second kappa shape index (κ2) is 11.0. The summed E-state index contributed by atoms with van der Waals surface area (Å²) < 4.78 is 2.22. The van der Waals surface area contributed by atoms with Gasteiger partial charge >= 0.3 is 5.69 Å². The van der Waals surface area contributed by atoms with Crippen molar-refractivity contribution >= 4 is 17.5 Å². The van der Waals surface area contributed by atoms with Crippen LogP contribution in [0.25, 0.3) is 0 Å². The van der Waals surface area contributed by atoms with Crippen LogP contribution in [-0.4, -0.2) is 51.4 Å². The molecule has 1 aromatic carbocycles. The van der Waals surface area contributed by atoms with Crippen LogP contribution in [0.15, 0.2) is 39.9 Å². The number of hydrogen-bond donors (Lipinski definition) is 2. The summed E-state index contributed by atoms with van der Waals surface area (Å²) >= 11 is 0. The Kier molecular flexibility index (Phi) is 7.85. The highest BCUT2D eigenvalue weighted by Gasteiger charge is 2.28. The molecule has 1 amide bonds. The molecule has 0 unspecified atom stereocenters. The van der Waals surface area contributed by atoms with Gasteiger partial charge in [-0.25, -0.2) is 4.79 Å². The molecule has 2 aromatic rings. The molecule has 1 saturated carbocycles. The fourth-order valence-corrected chi connectivity index (χ4v) is 5.17. The van der Waals surface area contributed by atoms with E-state index in [4.69, 9.17) is 5.73 Å². The zero-order valence-electron chi connectivity index (χ0n) is 20.4. The van der Waals surface area contributed by atoms with Crippen molar-refractivity contribution in [3.8, 4) is 0 Å². The quantitative estimate of drug-likeness (QED) is 0.579. The number of piperidine rings is 1. The number of nitrogens with two attached hydrogens (primary N) is 1. The fourth-order valence-electron chi connectivity index (χ4n) is 5.17. The first-order chi connectivity index (χ1) is 16.8. The Bertz CT molecular complexity index is 1170. The van der Waals surface area contributed by atoms with Crippen LogP contribution in [-0.2, 0) is 18.4 Å². The molecule has 1 aliphatic carbocycles. The van der Waals surface area contributed by atoms with Gasteiger partial charge in [0.15, 0.2) is 5.78 Å². The Labute approximate surface area is 204 Å². The first-order valence-corrected chi connectivity index (χ1v) is 12.5. The van der Waals surface area contributed by atoms with Crippen molar-refractivity contribution in [2.45, 2.75) is 57.5 Å². The van der Waals surface area contributed by atoms with Crippen molar-refractivity contribution in [1.82, 2.24) is 19.4 Å². The van der Waals surface area contributed by atoms with Gasteiger partial charge in [0.2, 0.25) is 5.91 Å². The highest BCUT2D eigenvalue weighted by Crippen LogP contribution is 2.24. The average molecular weight is 482 g/mol. The van der Waals surface area contributed by atoms with Crippen LogP contribution in [0.5, 0.6) is 0 Å². The lowest BCUT2D eigenvalue weighted by molar-refractivity contribution is -0.127. The molecular weight excluding hydrogens is 446 g/mol. The Morgan fingerprint density at radius 1 is 1.00 bits per heavy atom. The lowest BCUT2D eigenvalue weighted by Gasteiger charge is -2.33. The molecule has 2 heterocycles. The molecule has 1 aromatic heterocycles. The molecule has 3 N–H and O–H groups in total. The summed E-state index contributed by atoms with van der Waals surface area (Å²) in [6.07, 6.45) is 6.93. The number of rotatable bonds is 7. The van der Waals surface area contributed by atoms with E-state index in [-0.39, 0.29) is 42.3 Å². The highest BCUT2D eigenvalue weighted by atomic mass is 16.2. The molecule has 2 fully saturated rings. The number of Topliss-reactive ketones (excluding diaryl/α,β-unsaturated/α-hetero) is 1. The van der Waals surface area contributed by atoms with E-state index >= 15 is 0 Å². The number of ketones is 1. The third-order valence-electron chi connectivity index (χ3n) is 7.32. The lowest BCUT2D eigenvalue weighted by Crippen LogP contribution is -2.48. The van der Waals surface area contributed by atoms with Crippen LogP contribution in [0.1, 0.15) is 60.9 Å². The van der Waals surface area contributed by atoms with Crippen molar-refractivity contribution in [2.24, 2.45) is 13.0 Å². The number of carbonyl (C=O) groups excluding carboxylic acids is 2. The number of carbonyl (C=O) groups is 2. The van der Waals surface area contributed by atoms with E-state index in [1.54, 1.807) is 0 Å². The molecule has 1 saturated heterocycles. The van der Waals surface area contributed by atoms with E-state index in [1.807, 2.05) is 35.2 Å². The van der Waals surface area contributed by atoms with Gasteiger partial charge in [-0.05, 0) is 31.2 Å². The number of nitrogens with zero attached hydrogens (tertiary/aromatic N) is 3. The largest absolute Gasteiger partial charge is 0.384 e. The van der Waals surface area contributed by atoms with Gasteiger partial charge in [-0.2, -0.15) is 0 Å². The summed E-state index contributed by atoms with van der Waals surface area (Å²) in [7, 11) is 1.36. The van der Waals surface area contributed by atoms with E-state index in [1.165, 1.54) is 18.0 Å². The maximum absolute atomic E-state index is 13.2. The summed E-state index contributed by atoms with van der Waals surface area (Å²) in [6, 6.07) is 9.40. The topological polar surface area (TPSA) is 119 Å². The second-order valence-corrected chi connectivity index (χ2v) is 9.80. The zero-order valence-corrected chi connectivity index (χ0v) is 20.4. The lowest BCUT2D eigenvalue weighted by atomic mass is 9.88. The minimum atomic E-state index is -0.670. The van der Waals surface area contributed by atoms with E-state index in [2.05, 4.69) is 5.32 Å². The van der Waals surface area contributed by atoms with Gasteiger partial charge in [0.25, 0.3) is 5.56 Å². The monoisotopic (exact) mass is 481 g/mol. The number of nitrogen functional groups attached to an aromatic ring is 1. The molecule has 35 heavy (non-hydrogen) atoms. The highest BCUT2D eigenvalue weighted by molar-refractivity contribution is 6.01. The fraction of sp³-hybridized carbons (Fsp3) is 0.538. The number of likely N-dealkylation sites (tertiary alicyclic amines) is 1. The minimum Gasteiger partial charge on any atom is -0.384 e. The maximum Gasteiger partial charge on any atom is 0.332 e. The van der Waals surface area contributed by atoms with E-state index in [0.717, 1.165) is 48.7 Å². The molecular formula is C26H35N5O4. The number of aromatic nitrogens is 2. The first kappa shape index (κ1) is 24.9. The molecule has 1 aliphatic heterocycles. The van der Waals surface area contributed by atoms with Crippen LogP contribution < -0.4 is 22.3 Å². The summed E-state index contributed by atoms with van der Waals surface area (Å²) in [4.78, 5) is 53.2. The molecule has 0 spiro atoms. The predicted molar refractivity (Wildman–Crippen MR) is 134 cm³/mol. The molecule has 9 heteroatoms. The average Bonchev–Trinajstić information content (AvgIpc) is 2.88. The van der Waals surface area contributed by atoms with E-state index in [0.29, 0.717) is 13.1 Å². The molecule has 2 aliphatic rings. The van der Waals surface area contributed by atoms with Gasteiger partial charge in [-0.15, -0.1) is 0 Å². The third-order valence-corrected chi connectivity index (χ3v) is 7.32. The van der Waals surface area contributed by atoms with Crippen molar-refractivity contribution in [2.75, 3.05) is 25.4 Å². The van der Waals surface area contributed by atoms with Gasteiger partial charge in [0.1, 0.15) is 11.4 Å². The number of benzene rings is 1. The molecule has 0 atom stereocenters. The molecule has 0 bridgehead atoms. The number of hydrogen-bond acceptors (Lipinski definition) is 6. The van der Waals surface area contributed by atoms with E-state index in [9.17, 15) is 19.2 Å². The van der Waals surface area contributed by atoms with Crippen molar-refractivity contribution in [3.63, 3.8) is 0 Å². The zero-order chi connectivity index (χ0) is 24.9. The van der Waals surface area contributed by atoms with Crippen LogP contribution >= 0.6 is 0 Å². The number of nitrogens with one attached hydrogen (secondary N) is 1. The van der Waals surface area contributed by atoms with Gasteiger partial charge in [0.05, 0.1) is 13.1 Å². The van der Waals surface area contributed by atoms with Gasteiger partial charge < -0.3 is 11.1 Å². The second-order valence-electron chi connectivity index (χ2n) is 9.80. The van der Waals surface area contributed by atoms with Crippen molar-refractivity contribution in [1.29, 1.82) is 0 Å². The van der Waals surface area contributed by atoms with Gasteiger partial charge in [-0.1, -0.05) is 49.6 Å². The van der Waals surface area contributed by atoms with Gasteiger partial charge in [0, 0.05) is 32.1 Å².